The number of nitrogens with one attached hydrogen (secondary N) is 1. The Labute approximate surface area is 131 Å². The molecule has 3 N–H and O–H groups in total. The molecule has 1 aromatic carbocycles. The lowest BCUT2D eigenvalue weighted by Gasteiger charge is -2.26. The predicted molar refractivity (Wildman–Crippen MR) is 87.9 cm³/mol. The van der Waals surface area contributed by atoms with Crippen molar-refractivity contribution < 1.29 is 9.59 Å². The van der Waals surface area contributed by atoms with Crippen molar-refractivity contribution in [2.45, 2.75) is 33.2 Å². The normalized spacial score (nSPS) is 23.3. The van der Waals surface area contributed by atoms with Gasteiger partial charge in [0, 0.05) is 17.8 Å². The van der Waals surface area contributed by atoms with Crippen molar-refractivity contribution in [1.82, 2.24) is 4.90 Å². The van der Waals surface area contributed by atoms with Gasteiger partial charge in [-0.15, -0.1) is 0 Å². The molecule has 1 heterocycles. The summed E-state index contributed by atoms with van der Waals surface area (Å²) in [6.07, 6.45) is 1.01. The Morgan fingerprint density at radius 3 is 2.77 bits per heavy atom. The summed E-state index contributed by atoms with van der Waals surface area (Å²) in [5.74, 6) is -0.0654. The van der Waals surface area contributed by atoms with Crippen LogP contribution in [0.15, 0.2) is 24.3 Å². The van der Waals surface area contributed by atoms with Crippen molar-refractivity contribution in [3.63, 3.8) is 0 Å². The van der Waals surface area contributed by atoms with Gasteiger partial charge in [-0.05, 0) is 50.9 Å². The third-order valence-corrected chi connectivity index (χ3v) is 4.54. The molecule has 0 saturated carbocycles. The van der Waals surface area contributed by atoms with Gasteiger partial charge in [-0.2, -0.15) is 0 Å². The van der Waals surface area contributed by atoms with Crippen LogP contribution in [0.25, 0.3) is 0 Å². The number of amides is 1. The van der Waals surface area contributed by atoms with Crippen LogP contribution in [0, 0.1) is 5.41 Å². The van der Waals surface area contributed by atoms with Crippen molar-refractivity contribution in [2.75, 3.05) is 25.0 Å². The molecule has 1 aromatic rings. The first kappa shape index (κ1) is 16.6. The molecule has 1 amide bonds. The van der Waals surface area contributed by atoms with Crippen LogP contribution in [-0.4, -0.2) is 42.3 Å². The largest absolute Gasteiger partial charge is 0.330 e. The summed E-state index contributed by atoms with van der Waals surface area (Å²) in [7, 11) is 0. The number of anilines is 1. The third kappa shape index (κ3) is 3.72. The van der Waals surface area contributed by atoms with Gasteiger partial charge in [0.25, 0.3) is 0 Å². The summed E-state index contributed by atoms with van der Waals surface area (Å²) in [6, 6.07) is 6.81. The van der Waals surface area contributed by atoms with Gasteiger partial charge in [-0.1, -0.05) is 19.1 Å². The monoisotopic (exact) mass is 303 g/mol. The number of rotatable bonds is 5. The Morgan fingerprint density at radius 1 is 1.45 bits per heavy atom. The summed E-state index contributed by atoms with van der Waals surface area (Å²) >= 11 is 0. The average Bonchev–Trinajstić information content (AvgIpc) is 2.90. The van der Waals surface area contributed by atoms with Gasteiger partial charge in [0.1, 0.15) is 0 Å². The number of hydrogen-bond donors (Lipinski definition) is 2. The maximum absolute atomic E-state index is 12.4. The number of Topliss-reactive ketones (excluding diaryl/α,β-unsaturated/α-hetero) is 1. The van der Waals surface area contributed by atoms with Crippen molar-refractivity contribution >= 4 is 17.4 Å². The lowest BCUT2D eigenvalue weighted by molar-refractivity contribution is -0.120. The molecule has 120 valence electrons. The SMILES string of the molecule is CC(=O)c1cccc(NC(=O)C(C)N2CCC(C)(CN)C2)c1. The fraction of sp³-hybridized carbons (Fsp3) is 0.529. The van der Waals surface area contributed by atoms with Gasteiger partial charge in [-0.25, -0.2) is 0 Å². The maximum atomic E-state index is 12.4. The van der Waals surface area contributed by atoms with Crippen LogP contribution in [0.1, 0.15) is 37.6 Å². The van der Waals surface area contributed by atoms with E-state index in [4.69, 9.17) is 5.73 Å². The Morgan fingerprint density at radius 2 is 2.18 bits per heavy atom. The van der Waals surface area contributed by atoms with Gasteiger partial charge in [0.15, 0.2) is 5.78 Å². The van der Waals surface area contributed by atoms with E-state index in [1.165, 1.54) is 6.92 Å². The Balaban J connectivity index is 2.00. The number of benzene rings is 1. The van der Waals surface area contributed by atoms with Gasteiger partial charge >= 0.3 is 0 Å². The fourth-order valence-electron chi connectivity index (χ4n) is 2.79. The van der Waals surface area contributed by atoms with Crippen molar-refractivity contribution in [1.29, 1.82) is 0 Å². The summed E-state index contributed by atoms with van der Waals surface area (Å²) in [4.78, 5) is 26.0. The second kappa shape index (κ2) is 6.58. The summed E-state index contributed by atoms with van der Waals surface area (Å²) in [5.41, 5.74) is 7.17. The van der Waals surface area contributed by atoms with E-state index in [0.29, 0.717) is 17.8 Å². The second-order valence-corrected chi connectivity index (χ2v) is 6.54. The molecule has 2 unspecified atom stereocenters. The molecular weight excluding hydrogens is 278 g/mol. The van der Waals surface area contributed by atoms with Crippen molar-refractivity contribution in [3.05, 3.63) is 29.8 Å². The van der Waals surface area contributed by atoms with Gasteiger partial charge in [-0.3, -0.25) is 14.5 Å². The highest BCUT2D eigenvalue weighted by molar-refractivity contribution is 5.98. The number of nitrogens with zero attached hydrogens (tertiary/aromatic N) is 1. The molecule has 2 atom stereocenters. The summed E-state index contributed by atoms with van der Waals surface area (Å²) < 4.78 is 0. The van der Waals surface area contributed by atoms with E-state index >= 15 is 0 Å². The summed E-state index contributed by atoms with van der Waals surface area (Å²) in [6.45, 7) is 7.95. The van der Waals surface area contributed by atoms with E-state index in [0.717, 1.165) is 19.5 Å². The van der Waals surface area contributed by atoms with Crippen LogP contribution in [0.3, 0.4) is 0 Å². The number of carbonyl (C=O) groups is 2. The lowest BCUT2D eigenvalue weighted by atomic mass is 9.90. The minimum absolute atomic E-state index is 0.0117. The number of likely N-dealkylation sites (tertiary alicyclic amines) is 1. The molecule has 0 radical (unpaired) electrons. The van der Waals surface area contributed by atoms with Gasteiger partial charge in [0.05, 0.1) is 6.04 Å². The van der Waals surface area contributed by atoms with E-state index in [1.54, 1.807) is 24.3 Å². The quantitative estimate of drug-likeness (QED) is 0.815. The zero-order valence-electron chi connectivity index (χ0n) is 13.6. The fourth-order valence-corrected chi connectivity index (χ4v) is 2.79. The van der Waals surface area contributed by atoms with E-state index in [2.05, 4.69) is 17.1 Å². The number of nitrogens with two attached hydrogens (primary N) is 1. The molecule has 5 nitrogen and oxygen atoms in total. The predicted octanol–water partition coefficient (Wildman–Crippen LogP) is 1.89. The summed E-state index contributed by atoms with van der Waals surface area (Å²) in [5, 5.41) is 2.90. The first-order valence-electron chi connectivity index (χ1n) is 7.71. The Kier molecular flexibility index (Phi) is 4.98. The van der Waals surface area contributed by atoms with Crippen LogP contribution in [0.4, 0.5) is 5.69 Å². The Hall–Kier alpha value is -1.72. The number of hydrogen-bond acceptors (Lipinski definition) is 4. The van der Waals surface area contributed by atoms with Crippen LogP contribution in [-0.2, 0) is 4.79 Å². The number of carbonyl (C=O) groups excluding carboxylic acids is 2. The molecular formula is C17H25N3O2. The van der Waals surface area contributed by atoms with E-state index in [-0.39, 0.29) is 23.1 Å². The highest BCUT2D eigenvalue weighted by atomic mass is 16.2. The molecule has 22 heavy (non-hydrogen) atoms. The molecule has 0 aromatic heterocycles. The number of ketones is 1. The van der Waals surface area contributed by atoms with Gasteiger partial charge < -0.3 is 11.1 Å². The smallest absolute Gasteiger partial charge is 0.241 e. The molecule has 0 aliphatic carbocycles. The molecule has 5 heteroatoms. The minimum Gasteiger partial charge on any atom is -0.330 e. The zero-order valence-corrected chi connectivity index (χ0v) is 13.6. The molecule has 0 bridgehead atoms. The highest BCUT2D eigenvalue weighted by Gasteiger charge is 2.36. The maximum Gasteiger partial charge on any atom is 0.241 e. The van der Waals surface area contributed by atoms with Crippen molar-refractivity contribution in [3.8, 4) is 0 Å². The van der Waals surface area contributed by atoms with Crippen molar-refractivity contribution in [2.24, 2.45) is 11.1 Å². The third-order valence-electron chi connectivity index (χ3n) is 4.54. The highest BCUT2D eigenvalue weighted by Crippen LogP contribution is 2.30. The molecule has 2 rings (SSSR count). The topological polar surface area (TPSA) is 75.4 Å². The first-order valence-corrected chi connectivity index (χ1v) is 7.71. The lowest BCUT2D eigenvalue weighted by Crippen LogP contribution is -2.42. The van der Waals surface area contributed by atoms with E-state index in [1.807, 2.05) is 6.92 Å². The van der Waals surface area contributed by atoms with E-state index in [9.17, 15) is 9.59 Å². The Bertz CT molecular complexity index is 573. The van der Waals surface area contributed by atoms with Crippen LogP contribution in [0.5, 0.6) is 0 Å². The van der Waals surface area contributed by atoms with E-state index < -0.39 is 0 Å². The molecule has 0 spiro atoms. The van der Waals surface area contributed by atoms with Crippen LogP contribution in [0.2, 0.25) is 0 Å². The zero-order chi connectivity index (χ0) is 16.3. The minimum atomic E-state index is -0.214. The van der Waals surface area contributed by atoms with Crippen LogP contribution < -0.4 is 11.1 Å². The first-order chi connectivity index (χ1) is 10.3. The standard InChI is InChI=1S/C17H25N3O2/c1-12(20-8-7-17(3,10-18)11-20)16(22)19-15-6-4-5-14(9-15)13(2)21/h4-6,9,12H,7-8,10-11,18H2,1-3H3,(H,19,22). The molecule has 1 saturated heterocycles. The average molecular weight is 303 g/mol. The molecule has 1 aliphatic rings. The second-order valence-electron chi connectivity index (χ2n) is 6.54. The van der Waals surface area contributed by atoms with Gasteiger partial charge in [0.2, 0.25) is 5.91 Å². The molecule has 1 fully saturated rings. The van der Waals surface area contributed by atoms with Crippen LogP contribution >= 0.6 is 0 Å². The molecule has 1 aliphatic heterocycles.